The van der Waals surface area contributed by atoms with Crippen LogP contribution in [0.1, 0.15) is 42.1 Å². The molecule has 3 atom stereocenters. The van der Waals surface area contributed by atoms with Gasteiger partial charge >= 0.3 is 6.03 Å². The summed E-state index contributed by atoms with van der Waals surface area (Å²) < 4.78 is 13.3. The predicted molar refractivity (Wildman–Crippen MR) is 155 cm³/mol. The molecule has 2 aliphatic heterocycles. The summed E-state index contributed by atoms with van der Waals surface area (Å²) in [5.74, 6) is 0.484. The number of nitrogens with one attached hydrogen (secondary N) is 2. The van der Waals surface area contributed by atoms with E-state index in [9.17, 15) is 18.8 Å². The maximum atomic E-state index is 13.3. The molecular weight excluding hydrogens is 509 g/mol. The van der Waals surface area contributed by atoms with Crippen molar-refractivity contribution in [1.29, 1.82) is 0 Å². The molecule has 0 spiro atoms. The second-order valence-corrected chi connectivity index (χ2v) is 11.6. The first-order chi connectivity index (χ1) is 19.2. The van der Waals surface area contributed by atoms with Crippen molar-refractivity contribution < 1.29 is 18.8 Å². The van der Waals surface area contributed by atoms with Crippen LogP contribution in [0.5, 0.6) is 0 Å². The molecule has 216 valence electrons. The number of nitrogens with zero attached hydrogens (tertiary/aromatic N) is 3. The third-order valence-corrected chi connectivity index (χ3v) is 7.94. The predicted octanol–water partition coefficient (Wildman–Crippen LogP) is 3.88. The van der Waals surface area contributed by atoms with Crippen LogP contribution in [-0.2, 0) is 11.2 Å². The Morgan fingerprint density at radius 3 is 2.52 bits per heavy atom. The molecule has 2 heterocycles. The SMILES string of the molecule is CC(=O)c1cccc(NC(=O)N[C@H]2CN(C(=O)CN(C)C)CC[C@H]2CN2CCCC(Cc3ccc(F)cc3)C2)c1. The van der Waals surface area contributed by atoms with Crippen LogP contribution in [0.2, 0.25) is 0 Å². The molecule has 0 bridgehead atoms. The van der Waals surface area contributed by atoms with Gasteiger partial charge in [-0.2, -0.15) is 0 Å². The number of anilines is 1. The molecule has 0 radical (unpaired) electrons. The fraction of sp³-hybridized carbons (Fsp3) is 0.516. The highest BCUT2D eigenvalue weighted by Crippen LogP contribution is 2.25. The van der Waals surface area contributed by atoms with Gasteiger partial charge in [0.15, 0.2) is 5.78 Å². The Morgan fingerprint density at radius 2 is 1.80 bits per heavy atom. The number of hydrogen-bond acceptors (Lipinski definition) is 5. The highest BCUT2D eigenvalue weighted by atomic mass is 19.1. The molecule has 2 fully saturated rings. The zero-order valence-electron chi connectivity index (χ0n) is 23.9. The Kier molecular flexibility index (Phi) is 10.3. The van der Waals surface area contributed by atoms with Gasteiger partial charge in [0.05, 0.1) is 12.6 Å². The number of hydrogen-bond donors (Lipinski definition) is 2. The number of likely N-dealkylation sites (N-methyl/N-ethyl adjacent to an activating group) is 1. The lowest BCUT2D eigenvalue weighted by atomic mass is 9.87. The van der Waals surface area contributed by atoms with Crippen molar-refractivity contribution in [3.8, 4) is 0 Å². The Balaban J connectivity index is 1.40. The van der Waals surface area contributed by atoms with Gasteiger partial charge in [-0.3, -0.25) is 9.59 Å². The molecule has 0 aromatic heterocycles. The van der Waals surface area contributed by atoms with Crippen molar-refractivity contribution in [1.82, 2.24) is 20.0 Å². The van der Waals surface area contributed by atoms with Gasteiger partial charge < -0.3 is 25.3 Å². The fourth-order valence-corrected chi connectivity index (χ4v) is 5.90. The minimum Gasteiger partial charge on any atom is -0.340 e. The number of likely N-dealkylation sites (tertiary alicyclic amines) is 2. The Hall–Kier alpha value is -3.30. The van der Waals surface area contributed by atoms with Gasteiger partial charge in [0, 0.05) is 37.4 Å². The average Bonchev–Trinajstić information content (AvgIpc) is 2.91. The van der Waals surface area contributed by atoms with E-state index in [4.69, 9.17) is 0 Å². The highest BCUT2D eigenvalue weighted by molar-refractivity contribution is 5.96. The Labute approximate surface area is 236 Å². The lowest BCUT2D eigenvalue weighted by Gasteiger charge is -2.42. The number of carbonyl (C=O) groups is 3. The minimum absolute atomic E-state index is 0.0575. The lowest BCUT2D eigenvalue weighted by molar-refractivity contribution is -0.133. The van der Waals surface area contributed by atoms with Gasteiger partial charge in [-0.05, 0) is 94.9 Å². The van der Waals surface area contributed by atoms with Gasteiger partial charge in [0.2, 0.25) is 5.91 Å². The third kappa shape index (κ3) is 8.60. The summed E-state index contributed by atoms with van der Waals surface area (Å²) >= 11 is 0. The number of halogens is 1. The second kappa shape index (κ2) is 13.9. The van der Waals surface area contributed by atoms with Crippen LogP contribution >= 0.6 is 0 Å². The van der Waals surface area contributed by atoms with Crippen LogP contribution in [-0.4, -0.2) is 91.8 Å². The molecule has 40 heavy (non-hydrogen) atoms. The smallest absolute Gasteiger partial charge is 0.319 e. The summed E-state index contributed by atoms with van der Waals surface area (Å²) in [6, 6.07) is 13.2. The number of rotatable bonds is 9. The van der Waals surface area contributed by atoms with E-state index in [0.29, 0.717) is 36.8 Å². The zero-order valence-corrected chi connectivity index (χ0v) is 23.9. The summed E-state index contributed by atoms with van der Waals surface area (Å²) in [5.41, 5.74) is 2.25. The number of carbonyl (C=O) groups excluding carboxylic acids is 3. The average molecular weight is 552 g/mol. The maximum Gasteiger partial charge on any atom is 0.319 e. The number of Topliss-reactive ketones (excluding diaryl/α,β-unsaturated/α-hetero) is 1. The van der Waals surface area contributed by atoms with Crippen LogP contribution in [0.3, 0.4) is 0 Å². The van der Waals surface area contributed by atoms with Crippen LogP contribution < -0.4 is 10.6 Å². The van der Waals surface area contributed by atoms with Crippen molar-refractivity contribution in [3.05, 3.63) is 65.5 Å². The maximum absolute atomic E-state index is 13.3. The summed E-state index contributed by atoms with van der Waals surface area (Å²) in [6.07, 6.45) is 3.99. The van der Waals surface area contributed by atoms with E-state index < -0.39 is 0 Å². The van der Waals surface area contributed by atoms with Crippen LogP contribution in [0.4, 0.5) is 14.9 Å². The van der Waals surface area contributed by atoms with Crippen molar-refractivity contribution in [2.24, 2.45) is 11.8 Å². The van der Waals surface area contributed by atoms with Gasteiger partial charge in [0.1, 0.15) is 5.82 Å². The van der Waals surface area contributed by atoms with Crippen LogP contribution in [0.15, 0.2) is 48.5 Å². The van der Waals surface area contributed by atoms with Crippen LogP contribution in [0.25, 0.3) is 0 Å². The van der Waals surface area contributed by atoms with Crippen molar-refractivity contribution in [3.63, 3.8) is 0 Å². The number of urea groups is 1. The molecule has 8 nitrogen and oxygen atoms in total. The van der Waals surface area contributed by atoms with Crippen molar-refractivity contribution >= 4 is 23.4 Å². The highest BCUT2D eigenvalue weighted by Gasteiger charge is 2.34. The van der Waals surface area contributed by atoms with Gasteiger partial charge in [-0.1, -0.05) is 24.3 Å². The zero-order chi connectivity index (χ0) is 28.6. The van der Waals surface area contributed by atoms with E-state index in [0.717, 1.165) is 50.9 Å². The molecular formula is C31H42FN5O3. The van der Waals surface area contributed by atoms with Crippen LogP contribution in [0, 0.1) is 17.7 Å². The molecule has 2 saturated heterocycles. The third-order valence-electron chi connectivity index (χ3n) is 7.94. The fourth-order valence-electron chi connectivity index (χ4n) is 5.90. The van der Waals surface area contributed by atoms with Gasteiger partial charge in [-0.15, -0.1) is 0 Å². The molecule has 0 saturated carbocycles. The quantitative estimate of drug-likeness (QED) is 0.462. The molecule has 0 aliphatic carbocycles. The number of piperidine rings is 2. The van der Waals surface area contributed by atoms with E-state index in [1.165, 1.54) is 19.1 Å². The summed E-state index contributed by atoms with van der Waals surface area (Å²) in [6.45, 7) is 5.79. The molecule has 1 unspecified atom stereocenters. The summed E-state index contributed by atoms with van der Waals surface area (Å²) in [5, 5.41) is 6.01. The molecule has 9 heteroatoms. The normalized spacial score (nSPS) is 21.7. The molecule has 2 aliphatic rings. The van der Waals surface area contributed by atoms with E-state index >= 15 is 0 Å². The topological polar surface area (TPSA) is 85.0 Å². The monoisotopic (exact) mass is 551 g/mol. The van der Waals surface area contributed by atoms with E-state index in [1.807, 2.05) is 36.0 Å². The summed E-state index contributed by atoms with van der Waals surface area (Å²) in [7, 11) is 3.75. The lowest BCUT2D eigenvalue weighted by Crippen LogP contribution is -2.58. The molecule has 2 aromatic carbocycles. The Morgan fingerprint density at radius 1 is 1.02 bits per heavy atom. The molecule has 4 rings (SSSR count). The van der Waals surface area contributed by atoms with Crippen molar-refractivity contribution in [2.75, 3.05) is 58.7 Å². The van der Waals surface area contributed by atoms with Gasteiger partial charge in [0.25, 0.3) is 0 Å². The van der Waals surface area contributed by atoms with E-state index in [-0.39, 0.29) is 35.5 Å². The molecule has 2 N–H and O–H groups in total. The number of amides is 3. The second-order valence-electron chi connectivity index (χ2n) is 11.6. The number of benzene rings is 2. The Bertz CT molecular complexity index is 1170. The van der Waals surface area contributed by atoms with Gasteiger partial charge in [-0.25, -0.2) is 9.18 Å². The van der Waals surface area contributed by atoms with E-state index in [2.05, 4.69) is 15.5 Å². The standard InChI is InChI=1S/C31H42FN5O3/c1-22(38)25-7-4-8-28(17-25)33-31(40)34-29-20-37(30(39)21-35(2)3)15-13-26(29)19-36-14-5-6-24(18-36)16-23-9-11-27(32)12-10-23/h4,7-12,17,24,26,29H,5-6,13-16,18-21H2,1-3H3,(H2,33,34,40)/t24?,26-,29-/m0/s1. The largest absolute Gasteiger partial charge is 0.340 e. The minimum atomic E-state index is -0.342. The summed E-state index contributed by atoms with van der Waals surface area (Å²) in [4.78, 5) is 43.9. The van der Waals surface area contributed by atoms with E-state index in [1.54, 1.807) is 24.3 Å². The van der Waals surface area contributed by atoms with Crippen molar-refractivity contribution in [2.45, 2.75) is 38.6 Å². The molecule has 2 aromatic rings. The number of ketones is 1. The molecule has 3 amide bonds. The first kappa shape index (κ1) is 29.7. The first-order valence-electron chi connectivity index (χ1n) is 14.2. The first-order valence-corrected chi connectivity index (χ1v) is 14.2.